The molecule has 3 aromatic rings. The Labute approximate surface area is 160 Å². The number of benzene rings is 2. The first-order chi connectivity index (χ1) is 13.3. The molecule has 0 fully saturated rings. The topological polar surface area (TPSA) is 57.8 Å². The summed E-state index contributed by atoms with van der Waals surface area (Å²) >= 11 is 0. The molecule has 27 heavy (non-hydrogen) atoms. The number of hydrogen-bond donors (Lipinski definition) is 2. The Morgan fingerprint density at radius 2 is 1.74 bits per heavy atom. The fraction of sp³-hybridized carbons (Fsp3) is 0.304. The predicted molar refractivity (Wildman–Crippen MR) is 106 cm³/mol. The van der Waals surface area contributed by atoms with Crippen LogP contribution in [0.1, 0.15) is 41.3 Å². The highest BCUT2D eigenvalue weighted by Gasteiger charge is 2.26. The van der Waals surface area contributed by atoms with Crippen LogP contribution >= 0.6 is 0 Å². The number of carbonyl (C=O) groups excluding carboxylic acids is 1. The molecule has 1 amide bonds. The zero-order valence-corrected chi connectivity index (χ0v) is 15.4. The summed E-state index contributed by atoms with van der Waals surface area (Å²) in [5, 5.41) is 3.17. The average molecular weight is 359 g/mol. The first-order valence-corrected chi connectivity index (χ1v) is 9.70. The van der Waals surface area contributed by atoms with E-state index in [9.17, 15) is 4.79 Å². The summed E-state index contributed by atoms with van der Waals surface area (Å²) in [7, 11) is 0. The molecule has 2 aromatic carbocycles. The summed E-state index contributed by atoms with van der Waals surface area (Å²) in [6, 6.07) is 21.1. The third kappa shape index (κ3) is 4.11. The van der Waals surface area contributed by atoms with Crippen molar-refractivity contribution in [1.29, 1.82) is 0 Å². The molecule has 2 N–H and O–H groups in total. The lowest BCUT2D eigenvalue weighted by molar-refractivity contribution is -0.125. The molecule has 4 rings (SSSR count). The van der Waals surface area contributed by atoms with E-state index in [0.29, 0.717) is 12.5 Å². The number of carbonyl (C=O) groups is 1. The van der Waals surface area contributed by atoms with Crippen LogP contribution in [-0.4, -0.2) is 22.4 Å². The molecule has 0 bridgehead atoms. The molecule has 4 heteroatoms. The van der Waals surface area contributed by atoms with E-state index in [1.54, 1.807) is 6.33 Å². The molecule has 1 unspecified atom stereocenters. The van der Waals surface area contributed by atoms with Gasteiger partial charge in [0.1, 0.15) is 0 Å². The average Bonchev–Trinajstić information content (AvgIpc) is 3.20. The first kappa shape index (κ1) is 17.5. The minimum Gasteiger partial charge on any atom is -0.356 e. The molecule has 138 valence electrons. The van der Waals surface area contributed by atoms with E-state index in [2.05, 4.69) is 63.8 Å². The second kappa shape index (κ2) is 8.21. The number of imidazole rings is 1. The van der Waals surface area contributed by atoms with Gasteiger partial charge in [0.25, 0.3) is 0 Å². The van der Waals surface area contributed by atoms with Crippen molar-refractivity contribution in [2.45, 2.75) is 31.6 Å². The maximum Gasteiger partial charge on any atom is 0.223 e. The molecule has 1 aliphatic carbocycles. The van der Waals surface area contributed by atoms with Gasteiger partial charge in [-0.15, -0.1) is 0 Å². The van der Waals surface area contributed by atoms with E-state index in [-0.39, 0.29) is 11.8 Å². The minimum absolute atomic E-state index is 0.0462. The summed E-state index contributed by atoms with van der Waals surface area (Å²) < 4.78 is 0. The van der Waals surface area contributed by atoms with Crippen LogP contribution in [0.25, 0.3) is 0 Å². The predicted octanol–water partition coefficient (Wildman–Crippen LogP) is 3.85. The maximum absolute atomic E-state index is 12.6. The quantitative estimate of drug-likeness (QED) is 0.702. The third-order valence-electron chi connectivity index (χ3n) is 5.49. The van der Waals surface area contributed by atoms with Crippen molar-refractivity contribution in [2.75, 3.05) is 6.54 Å². The van der Waals surface area contributed by atoms with Crippen molar-refractivity contribution < 1.29 is 4.79 Å². The highest BCUT2D eigenvalue weighted by atomic mass is 16.1. The largest absolute Gasteiger partial charge is 0.356 e. The lowest BCUT2D eigenvalue weighted by atomic mass is 9.87. The smallest absolute Gasteiger partial charge is 0.223 e. The van der Waals surface area contributed by atoms with Crippen LogP contribution in [0.2, 0.25) is 0 Å². The summed E-state index contributed by atoms with van der Waals surface area (Å²) in [5.41, 5.74) is 4.82. The lowest BCUT2D eigenvalue weighted by Gasteiger charge is -2.22. The molecule has 0 saturated heterocycles. The van der Waals surface area contributed by atoms with E-state index < -0.39 is 0 Å². The van der Waals surface area contributed by atoms with Gasteiger partial charge in [-0.3, -0.25) is 4.79 Å². The molecule has 1 aromatic heterocycles. The monoisotopic (exact) mass is 359 g/mol. The number of rotatable bonds is 6. The zero-order chi connectivity index (χ0) is 18.5. The lowest BCUT2D eigenvalue weighted by Crippen LogP contribution is -2.35. The standard InChI is InChI=1S/C23H25N3O/c27-23(19-11-12-21-22(15-19)26-16-25-21)24-14-13-20(17-7-3-1-4-8-17)18-9-5-2-6-10-18/h1-10,16,19-20H,11-15H2,(H,24,27)(H,25,26). The normalized spacial score (nSPS) is 16.1. The van der Waals surface area contributed by atoms with E-state index >= 15 is 0 Å². The maximum atomic E-state index is 12.6. The summed E-state index contributed by atoms with van der Waals surface area (Å²) in [6.07, 6.45) is 5.15. The van der Waals surface area contributed by atoms with Gasteiger partial charge in [-0.05, 0) is 30.4 Å². The minimum atomic E-state index is 0.0462. The van der Waals surface area contributed by atoms with Gasteiger partial charge in [0.05, 0.1) is 12.0 Å². The third-order valence-corrected chi connectivity index (χ3v) is 5.49. The number of hydrogen-bond acceptors (Lipinski definition) is 2. The van der Waals surface area contributed by atoms with Crippen molar-refractivity contribution in [3.8, 4) is 0 Å². The van der Waals surface area contributed by atoms with Gasteiger partial charge in [0.15, 0.2) is 0 Å². The molecule has 0 aliphatic heterocycles. The van der Waals surface area contributed by atoms with E-state index in [1.165, 1.54) is 11.1 Å². The van der Waals surface area contributed by atoms with Crippen LogP contribution in [-0.2, 0) is 17.6 Å². The van der Waals surface area contributed by atoms with Crippen LogP contribution in [0, 0.1) is 5.92 Å². The van der Waals surface area contributed by atoms with Gasteiger partial charge >= 0.3 is 0 Å². The van der Waals surface area contributed by atoms with Crippen LogP contribution in [0.5, 0.6) is 0 Å². The zero-order valence-electron chi connectivity index (χ0n) is 15.4. The van der Waals surface area contributed by atoms with Gasteiger partial charge in [-0.2, -0.15) is 0 Å². The Kier molecular flexibility index (Phi) is 5.33. The van der Waals surface area contributed by atoms with E-state index in [0.717, 1.165) is 37.1 Å². The highest BCUT2D eigenvalue weighted by molar-refractivity contribution is 5.79. The van der Waals surface area contributed by atoms with Crippen molar-refractivity contribution in [1.82, 2.24) is 15.3 Å². The van der Waals surface area contributed by atoms with Gasteiger partial charge < -0.3 is 10.3 Å². The van der Waals surface area contributed by atoms with Crippen LogP contribution in [0.4, 0.5) is 0 Å². The van der Waals surface area contributed by atoms with E-state index in [1.807, 2.05) is 12.1 Å². The van der Waals surface area contributed by atoms with Crippen molar-refractivity contribution in [2.24, 2.45) is 5.92 Å². The Morgan fingerprint density at radius 1 is 1.07 bits per heavy atom. The summed E-state index contributed by atoms with van der Waals surface area (Å²) in [4.78, 5) is 20.1. The number of nitrogens with one attached hydrogen (secondary N) is 2. The fourth-order valence-electron chi connectivity index (χ4n) is 4.01. The molecule has 4 nitrogen and oxygen atoms in total. The van der Waals surface area contributed by atoms with Crippen molar-refractivity contribution in [3.05, 3.63) is 89.5 Å². The van der Waals surface area contributed by atoms with E-state index in [4.69, 9.17) is 0 Å². The fourth-order valence-corrected chi connectivity index (χ4v) is 4.01. The Hall–Kier alpha value is -2.88. The number of H-pyrrole nitrogens is 1. The molecule has 1 aliphatic rings. The molecular formula is C23H25N3O. The van der Waals surface area contributed by atoms with Gasteiger partial charge in [0.2, 0.25) is 5.91 Å². The number of aryl methyl sites for hydroxylation is 1. The van der Waals surface area contributed by atoms with Crippen LogP contribution in [0.3, 0.4) is 0 Å². The second-order valence-corrected chi connectivity index (χ2v) is 7.22. The number of aromatic nitrogens is 2. The summed E-state index contributed by atoms with van der Waals surface area (Å²) in [6.45, 7) is 0.680. The number of aromatic amines is 1. The SMILES string of the molecule is O=C(NCCC(c1ccccc1)c1ccccc1)C1CCc2nc[nH]c2C1. The Balaban J connectivity index is 1.38. The van der Waals surface area contributed by atoms with Gasteiger partial charge in [-0.25, -0.2) is 4.98 Å². The second-order valence-electron chi connectivity index (χ2n) is 7.22. The molecular weight excluding hydrogens is 334 g/mol. The molecule has 0 spiro atoms. The number of amides is 1. The molecule has 1 heterocycles. The van der Waals surface area contributed by atoms with Crippen molar-refractivity contribution >= 4 is 5.91 Å². The number of fused-ring (bicyclic) bond motifs is 1. The summed E-state index contributed by atoms with van der Waals surface area (Å²) in [5.74, 6) is 0.498. The number of nitrogens with zero attached hydrogens (tertiary/aromatic N) is 1. The molecule has 0 radical (unpaired) electrons. The van der Waals surface area contributed by atoms with Gasteiger partial charge in [-0.1, -0.05) is 60.7 Å². The van der Waals surface area contributed by atoms with Gasteiger partial charge in [0, 0.05) is 30.5 Å². The molecule has 0 saturated carbocycles. The Morgan fingerprint density at radius 3 is 2.41 bits per heavy atom. The molecule has 1 atom stereocenters. The van der Waals surface area contributed by atoms with Crippen molar-refractivity contribution in [3.63, 3.8) is 0 Å². The van der Waals surface area contributed by atoms with Crippen LogP contribution in [0.15, 0.2) is 67.0 Å². The Bertz CT molecular complexity index is 833. The van der Waals surface area contributed by atoms with Crippen LogP contribution < -0.4 is 5.32 Å². The first-order valence-electron chi connectivity index (χ1n) is 9.70. The highest BCUT2D eigenvalue weighted by Crippen LogP contribution is 2.28.